The molecule has 2 aromatic rings. The lowest BCUT2D eigenvalue weighted by atomic mass is 10.1. The number of rotatable bonds is 5. The molecule has 0 aliphatic rings. The fourth-order valence-corrected chi connectivity index (χ4v) is 2.17. The zero-order chi connectivity index (χ0) is 17.0. The van der Waals surface area contributed by atoms with Crippen LogP contribution in [0.1, 0.15) is 21.5 Å². The Morgan fingerprint density at radius 2 is 1.43 bits per heavy atom. The van der Waals surface area contributed by atoms with Crippen molar-refractivity contribution in [3.05, 3.63) is 47.0 Å². The van der Waals surface area contributed by atoms with Crippen molar-refractivity contribution < 1.29 is 23.7 Å². The number of carbonyl (C=O) groups is 1. The summed E-state index contributed by atoms with van der Waals surface area (Å²) in [5.41, 5.74) is 2.22. The third-order valence-electron chi connectivity index (χ3n) is 3.45. The average molecular weight is 316 g/mol. The van der Waals surface area contributed by atoms with Gasteiger partial charge >= 0.3 is 5.97 Å². The van der Waals surface area contributed by atoms with Gasteiger partial charge in [-0.25, -0.2) is 4.79 Å². The molecule has 0 saturated carbocycles. The predicted octanol–water partition coefficient (Wildman–Crippen LogP) is 3.55. The molecule has 0 heterocycles. The van der Waals surface area contributed by atoms with E-state index in [1.54, 1.807) is 12.1 Å². The Morgan fingerprint density at radius 3 is 1.96 bits per heavy atom. The van der Waals surface area contributed by atoms with Gasteiger partial charge < -0.3 is 18.9 Å². The topological polar surface area (TPSA) is 54.0 Å². The summed E-state index contributed by atoms with van der Waals surface area (Å²) in [6.45, 7) is 3.83. The van der Waals surface area contributed by atoms with Crippen LogP contribution < -0.4 is 18.9 Å². The third kappa shape index (κ3) is 3.56. The minimum atomic E-state index is -0.488. The molecule has 0 fully saturated rings. The van der Waals surface area contributed by atoms with Crippen LogP contribution in [0.5, 0.6) is 23.0 Å². The number of aryl methyl sites for hydroxylation is 2. The van der Waals surface area contributed by atoms with Crippen LogP contribution in [0.3, 0.4) is 0 Å². The lowest BCUT2D eigenvalue weighted by molar-refractivity contribution is 0.0732. The first kappa shape index (κ1) is 16.7. The minimum Gasteiger partial charge on any atom is -0.493 e. The van der Waals surface area contributed by atoms with Crippen LogP contribution in [-0.2, 0) is 0 Å². The highest BCUT2D eigenvalue weighted by molar-refractivity contribution is 5.92. The summed E-state index contributed by atoms with van der Waals surface area (Å²) in [6.07, 6.45) is 0. The van der Waals surface area contributed by atoms with Crippen molar-refractivity contribution >= 4 is 5.97 Å². The third-order valence-corrected chi connectivity index (χ3v) is 3.45. The zero-order valence-corrected chi connectivity index (χ0v) is 13.9. The van der Waals surface area contributed by atoms with E-state index >= 15 is 0 Å². The zero-order valence-electron chi connectivity index (χ0n) is 13.9. The summed E-state index contributed by atoms with van der Waals surface area (Å²) in [5.74, 6) is 1.28. The van der Waals surface area contributed by atoms with E-state index in [9.17, 15) is 4.79 Å². The van der Waals surface area contributed by atoms with Crippen molar-refractivity contribution in [2.24, 2.45) is 0 Å². The molecule has 5 nitrogen and oxygen atoms in total. The predicted molar refractivity (Wildman–Crippen MR) is 87.0 cm³/mol. The molecule has 0 saturated heterocycles. The second-order valence-corrected chi connectivity index (χ2v) is 5.07. The van der Waals surface area contributed by atoms with Crippen molar-refractivity contribution in [3.8, 4) is 23.0 Å². The monoisotopic (exact) mass is 316 g/mol. The van der Waals surface area contributed by atoms with E-state index in [0.717, 1.165) is 11.1 Å². The van der Waals surface area contributed by atoms with Crippen molar-refractivity contribution in [2.75, 3.05) is 21.3 Å². The van der Waals surface area contributed by atoms with Gasteiger partial charge in [-0.2, -0.15) is 0 Å². The number of methoxy groups -OCH3 is 3. The Balaban J connectivity index is 2.37. The van der Waals surface area contributed by atoms with E-state index < -0.39 is 5.97 Å². The molecule has 0 spiro atoms. The van der Waals surface area contributed by atoms with Crippen LogP contribution in [0, 0.1) is 13.8 Å². The van der Waals surface area contributed by atoms with Crippen molar-refractivity contribution in [3.63, 3.8) is 0 Å². The van der Waals surface area contributed by atoms with E-state index in [0.29, 0.717) is 28.6 Å². The van der Waals surface area contributed by atoms with E-state index in [2.05, 4.69) is 0 Å². The van der Waals surface area contributed by atoms with Crippen LogP contribution in [-0.4, -0.2) is 27.3 Å². The fourth-order valence-electron chi connectivity index (χ4n) is 2.17. The van der Waals surface area contributed by atoms with Crippen molar-refractivity contribution in [2.45, 2.75) is 13.8 Å². The van der Waals surface area contributed by atoms with Crippen molar-refractivity contribution in [1.29, 1.82) is 0 Å². The molecule has 2 aromatic carbocycles. The second-order valence-electron chi connectivity index (χ2n) is 5.07. The average Bonchev–Trinajstić information content (AvgIpc) is 2.56. The Bertz CT molecular complexity index is 696. The van der Waals surface area contributed by atoms with Crippen LogP contribution in [0.25, 0.3) is 0 Å². The molecule has 23 heavy (non-hydrogen) atoms. The highest BCUT2D eigenvalue weighted by Crippen LogP contribution is 2.38. The van der Waals surface area contributed by atoms with Gasteiger partial charge in [0.2, 0.25) is 5.75 Å². The Labute approximate surface area is 135 Å². The molecule has 0 unspecified atom stereocenters. The lowest BCUT2D eigenvalue weighted by Gasteiger charge is -2.14. The van der Waals surface area contributed by atoms with E-state index in [1.165, 1.54) is 21.3 Å². The highest BCUT2D eigenvalue weighted by atomic mass is 16.5. The molecular weight excluding hydrogens is 296 g/mol. The molecular formula is C18H20O5. The van der Waals surface area contributed by atoms with Gasteiger partial charge in [-0.05, 0) is 43.2 Å². The maximum Gasteiger partial charge on any atom is 0.343 e. The summed E-state index contributed by atoms with van der Waals surface area (Å²) in [6, 6.07) is 8.83. The molecule has 0 aromatic heterocycles. The first-order chi connectivity index (χ1) is 11.0. The van der Waals surface area contributed by atoms with E-state index in [1.807, 2.05) is 32.0 Å². The molecule has 122 valence electrons. The second kappa shape index (κ2) is 7.05. The molecule has 0 aliphatic carbocycles. The molecule has 2 rings (SSSR count). The standard InChI is InChI=1S/C18H20O5/c1-11-6-7-12(2)14(8-11)23-18(19)13-9-15(20-3)17(22-5)16(10-13)21-4/h6-10H,1-5H3. The largest absolute Gasteiger partial charge is 0.493 e. The van der Waals surface area contributed by atoms with Crippen LogP contribution in [0.2, 0.25) is 0 Å². The summed E-state index contributed by atoms with van der Waals surface area (Å²) in [5, 5.41) is 0. The number of hydrogen-bond donors (Lipinski definition) is 0. The molecule has 0 N–H and O–H groups in total. The summed E-state index contributed by atoms with van der Waals surface area (Å²) < 4.78 is 21.2. The van der Waals surface area contributed by atoms with Crippen molar-refractivity contribution in [1.82, 2.24) is 0 Å². The summed E-state index contributed by atoms with van der Waals surface area (Å²) in [7, 11) is 4.50. The first-order valence-electron chi connectivity index (χ1n) is 7.09. The molecule has 5 heteroatoms. The van der Waals surface area contributed by atoms with E-state index in [4.69, 9.17) is 18.9 Å². The number of benzene rings is 2. The maximum atomic E-state index is 12.4. The molecule has 0 aliphatic heterocycles. The van der Waals surface area contributed by atoms with Crippen LogP contribution in [0.4, 0.5) is 0 Å². The van der Waals surface area contributed by atoms with Crippen LogP contribution >= 0.6 is 0 Å². The number of ether oxygens (including phenoxy) is 4. The minimum absolute atomic E-state index is 0.320. The van der Waals surface area contributed by atoms with Crippen LogP contribution in [0.15, 0.2) is 30.3 Å². The molecule has 0 atom stereocenters. The smallest absolute Gasteiger partial charge is 0.343 e. The molecule has 0 amide bonds. The quantitative estimate of drug-likeness (QED) is 0.624. The number of hydrogen-bond acceptors (Lipinski definition) is 5. The molecule has 0 radical (unpaired) electrons. The Hall–Kier alpha value is -2.69. The maximum absolute atomic E-state index is 12.4. The van der Waals surface area contributed by atoms with Gasteiger partial charge in [-0.3, -0.25) is 0 Å². The van der Waals surface area contributed by atoms with Gasteiger partial charge in [0, 0.05) is 0 Å². The molecule has 0 bridgehead atoms. The van der Waals surface area contributed by atoms with Gasteiger partial charge in [0.05, 0.1) is 26.9 Å². The van der Waals surface area contributed by atoms with Gasteiger partial charge in [-0.15, -0.1) is 0 Å². The summed E-state index contributed by atoms with van der Waals surface area (Å²) >= 11 is 0. The Morgan fingerprint density at radius 1 is 0.826 bits per heavy atom. The fraction of sp³-hybridized carbons (Fsp3) is 0.278. The normalized spacial score (nSPS) is 10.1. The lowest BCUT2D eigenvalue weighted by Crippen LogP contribution is -2.10. The van der Waals surface area contributed by atoms with Gasteiger partial charge in [0.1, 0.15) is 5.75 Å². The van der Waals surface area contributed by atoms with E-state index in [-0.39, 0.29) is 0 Å². The summed E-state index contributed by atoms with van der Waals surface area (Å²) in [4.78, 5) is 12.4. The SMILES string of the molecule is COc1cc(C(=O)Oc2cc(C)ccc2C)cc(OC)c1OC. The highest BCUT2D eigenvalue weighted by Gasteiger charge is 2.18. The first-order valence-corrected chi connectivity index (χ1v) is 7.09. The number of carbonyl (C=O) groups excluding carboxylic acids is 1. The Kier molecular flexibility index (Phi) is 5.11. The van der Waals surface area contributed by atoms with Gasteiger partial charge in [-0.1, -0.05) is 12.1 Å². The van der Waals surface area contributed by atoms with Gasteiger partial charge in [0.15, 0.2) is 11.5 Å². The van der Waals surface area contributed by atoms with Gasteiger partial charge in [0.25, 0.3) is 0 Å². The number of esters is 1.